The summed E-state index contributed by atoms with van der Waals surface area (Å²) in [7, 11) is 0. The maximum Gasteiger partial charge on any atom is 0.319 e. The van der Waals surface area contributed by atoms with Gasteiger partial charge >= 0.3 is 6.03 Å². The van der Waals surface area contributed by atoms with Crippen LogP contribution in [-0.4, -0.2) is 17.7 Å². The summed E-state index contributed by atoms with van der Waals surface area (Å²) >= 11 is 0. The highest BCUT2D eigenvalue weighted by Crippen LogP contribution is 2.28. The van der Waals surface area contributed by atoms with Crippen molar-refractivity contribution in [3.8, 4) is 0 Å². The molecule has 4 heteroatoms. The molecule has 1 aromatic rings. The Kier molecular flexibility index (Phi) is 5.62. The topological polar surface area (TPSA) is 61.4 Å². The lowest BCUT2D eigenvalue weighted by Crippen LogP contribution is -2.36. The second-order valence-electron chi connectivity index (χ2n) is 6.15. The number of aliphatic hydroxyl groups excluding tert-OH is 1. The summed E-state index contributed by atoms with van der Waals surface area (Å²) in [6.45, 7) is 4.75. The van der Waals surface area contributed by atoms with E-state index in [9.17, 15) is 9.90 Å². The van der Waals surface area contributed by atoms with Crippen molar-refractivity contribution in [1.29, 1.82) is 0 Å². The zero-order chi connectivity index (χ0) is 15.2. The van der Waals surface area contributed by atoms with Gasteiger partial charge in [0, 0.05) is 12.2 Å². The Morgan fingerprint density at radius 3 is 2.57 bits per heavy atom. The fraction of sp³-hybridized carbons (Fsp3) is 0.588. The van der Waals surface area contributed by atoms with Crippen LogP contribution in [0.5, 0.6) is 0 Å². The predicted molar refractivity (Wildman–Crippen MR) is 85.2 cm³/mol. The van der Waals surface area contributed by atoms with E-state index in [1.54, 1.807) is 6.92 Å². The van der Waals surface area contributed by atoms with Gasteiger partial charge in [0.1, 0.15) is 0 Å². The number of benzene rings is 1. The lowest BCUT2D eigenvalue weighted by Gasteiger charge is -2.28. The summed E-state index contributed by atoms with van der Waals surface area (Å²) in [5, 5.41) is 15.3. The first-order chi connectivity index (χ1) is 10.1. The van der Waals surface area contributed by atoms with E-state index in [0.717, 1.165) is 17.8 Å². The van der Waals surface area contributed by atoms with Gasteiger partial charge in [-0.2, -0.15) is 0 Å². The summed E-state index contributed by atoms with van der Waals surface area (Å²) in [6, 6.07) is 7.11. The third kappa shape index (κ3) is 4.74. The molecule has 1 aliphatic rings. The molecule has 0 aromatic heterocycles. The van der Waals surface area contributed by atoms with Crippen LogP contribution >= 0.6 is 0 Å². The number of anilines is 1. The van der Waals surface area contributed by atoms with Gasteiger partial charge in [0.2, 0.25) is 0 Å². The molecule has 1 aromatic carbocycles. The van der Waals surface area contributed by atoms with Gasteiger partial charge in [-0.1, -0.05) is 38.3 Å². The molecule has 116 valence electrons. The first-order valence-electron chi connectivity index (χ1n) is 7.89. The maximum absolute atomic E-state index is 11.9. The van der Waals surface area contributed by atoms with Crippen LogP contribution in [0.25, 0.3) is 0 Å². The molecule has 0 aliphatic heterocycles. The number of rotatable bonds is 4. The van der Waals surface area contributed by atoms with Gasteiger partial charge < -0.3 is 15.7 Å². The molecule has 0 bridgehead atoms. The van der Waals surface area contributed by atoms with Crippen LogP contribution in [0.15, 0.2) is 24.3 Å². The molecular formula is C17H26N2O2. The molecule has 21 heavy (non-hydrogen) atoms. The van der Waals surface area contributed by atoms with Gasteiger partial charge in [0.05, 0.1) is 6.10 Å². The van der Waals surface area contributed by atoms with Gasteiger partial charge in [0.15, 0.2) is 0 Å². The SMILES string of the molecule is CC(O)c1ccc(NC(=O)NCC2CCCCC2C)cc1. The Bertz CT molecular complexity index is 456. The fourth-order valence-corrected chi connectivity index (χ4v) is 2.94. The quantitative estimate of drug-likeness (QED) is 0.792. The summed E-state index contributed by atoms with van der Waals surface area (Å²) < 4.78 is 0. The smallest absolute Gasteiger partial charge is 0.319 e. The average Bonchev–Trinajstić information content (AvgIpc) is 2.47. The summed E-state index contributed by atoms with van der Waals surface area (Å²) in [5.74, 6) is 1.30. The van der Waals surface area contributed by atoms with E-state index in [1.807, 2.05) is 24.3 Å². The molecule has 0 heterocycles. The fourth-order valence-electron chi connectivity index (χ4n) is 2.94. The molecule has 3 atom stereocenters. The summed E-state index contributed by atoms with van der Waals surface area (Å²) in [5.41, 5.74) is 1.59. The van der Waals surface area contributed by atoms with Gasteiger partial charge in [-0.3, -0.25) is 0 Å². The van der Waals surface area contributed by atoms with E-state index in [-0.39, 0.29) is 6.03 Å². The van der Waals surface area contributed by atoms with E-state index >= 15 is 0 Å². The highest BCUT2D eigenvalue weighted by atomic mass is 16.3. The Labute approximate surface area is 126 Å². The van der Waals surface area contributed by atoms with Crippen molar-refractivity contribution in [2.75, 3.05) is 11.9 Å². The molecule has 0 radical (unpaired) electrons. The summed E-state index contributed by atoms with van der Waals surface area (Å²) in [6.07, 6.45) is 4.60. The van der Waals surface area contributed by atoms with E-state index in [1.165, 1.54) is 25.7 Å². The normalized spacial score (nSPS) is 23.4. The van der Waals surface area contributed by atoms with Crippen LogP contribution in [0.4, 0.5) is 10.5 Å². The van der Waals surface area contributed by atoms with Crippen LogP contribution in [0.3, 0.4) is 0 Å². The number of carbonyl (C=O) groups excluding carboxylic acids is 1. The molecule has 3 N–H and O–H groups in total. The van der Waals surface area contributed by atoms with Crippen molar-refractivity contribution in [2.45, 2.75) is 45.6 Å². The number of hydrogen-bond acceptors (Lipinski definition) is 2. The standard InChI is InChI=1S/C17H26N2O2/c1-12-5-3-4-6-15(12)11-18-17(21)19-16-9-7-14(8-10-16)13(2)20/h7-10,12-13,15,20H,3-6,11H2,1-2H3,(H2,18,19,21). The molecule has 1 aliphatic carbocycles. The van der Waals surface area contributed by atoms with Crippen molar-refractivity contribution >= 4 is 11.7 Å². The first kappa shape index (κ1) is 15.8. The van der Waals surface area contributed by atoms with Crippen LogP contribution in [0, 0.1) is 11.8 Å². The second-order valence-corrected chi connectivity index (χ2v) is 6.15. The van der Waals surface area contributed by atoms with Gasteiger partial charge in [-0.05, 0) is 42.9 Å². The largest absolute Gasteiger partial charge is 0.389 e. The van der Waals surface area contributed by atoms with Gasteiger partial charge in [0.25, 0.3) is 0 Å². The molecule has 4 nitrogen and oxygen atoms in total. The maximum atomic E-state index is 11.9. The zero-order valence-electron chi connectivity index (χ0n) is 12.9. The Hall–Kier alpha value is -1.55. The number of carbonyl (C=O) groups is 1. The molecule has 0 saturated heterocycles. The lowest BCUT2D eigenvalue weighted by atomic mass is 9.80. The number of hydrogen-bond donors (Lipinski definition) is 3. The minimum absolute atomic E-state index is 0.155. The van der Waals surface area contributed by atoms with E-state index < -0.39 is 6.10 Å². The molecule has 3 unspecified atom stereocenters. The number of aliphatic hydroxyl groups is 1. The molecule has 1 saturated carbocycles. The molecule has 2 amide bonds. The highest BCUT2D eigenvalue weighted by Gasteiger charge is 2.21. The lowest BCUT2D eigenvalue weighted by molar-refractivity contribution is 0.199. The Morgan fingerprint density at radius 2 is 1.95 bits per heavy atom. The zero-order valence-corrected chi connectivity index (χ0v) is 12.9. The van der Waals surface area contributed by atoms with Crippen molar-refractivity contribution in [1.82, 2.24) is 5.32 Å². The molecule has 1 fully saturated rings. The van der Waals surface area contributed by atoms with Crippen LogP contribution in [0.2, 0.25) is 0 Å². The van der Waals surface area contributed by atoms with Crippen molar-refractivity contribution in [2.24, 2.45) is 11.8 Å². The second kappa shape index (κ2) is 7.46. The summed E-state index contributed by atoms with van der Waals surface area (Å²) in [4.78, 5) is 11.9. The number of amides is 2. The van der Waals surface area contributed by atoms with E-state index in [2.05, 4.69) is 17.6 Å². The Balaban J connectivity index is 1.78. The monoisotopic (exact) mass is 290 g/mol. The number of nitrogens with one attached hydrogen (secondary N) is 2. The molecular weight excluding hydrogens is 264 g/mol. The molecule has 0 spiro atoms. The number of urea groups is 1. The van der Waals surface area contributed by atoms with Crippen molar-refractivity contribution < 1.29 is 9.90 Å². The highest BCUT2D eigenvalue weighted by molar-refractivity contribution is 5.89. The van der Waals surface area contributed by atoms with Crippen LogP contribution in [0.1, 0.15) is 51.2 Å². The van der Waals surface area contributed by atoms with E-state index in [4.69, 9.17) is 0 Å². The third-order valence-electron chi connectivity index (χ3n) is 4.46. The van der Waals surface area contributed by atoms with Crippen molar-refractivity contribution in [3.05, 3.63) is 29.8 Å². The van der Waals surface area contributed by atoms with Crippen LogP contribution < -0.4 is 10.6 Å². The van der Waals surface area contributed by atoms with Crippen molar-refractivity contribution in [3.63, 3.8) is 0 Å². The van der Waals surface area contributed by atoms with Gasteiger partial charge in [-0.15, -0.1) is 0 Å². The van der Waals surface area contributed by atoms with Crippen LogP contribution in [-0.2, 0) is 0 Å². The minimum Gasteiger partial charge on any atom is -0.389 e. The third-order valence-corrected chi connectivity index (χ3v) is 4.46. The van der Waals surface area contributed by atoms with Gasteiger partial charge in [-0.25, -0.2) is 4.79 Å². The molecule has 2 rings (SSSR count). The van der Waals surface area contributed by atoms with E-state index in [0.29, 0.717) is 11.8 Å². The minimum atomic E-state index is -0.485. The predicted octanol–water partition coefficient (Wildman–Crippen LogP) is 3.69. The Morgan fingerprint density at radius 1 is 1.29 bits per heavy atom. The first-order valence-corrected chi connectivity index (χ1v) is 7.89. The average molecular weight is 290 g/mol.